The third kappa shape index (κ3) is 4.14. The molecule has 1 N–H and O–H groups in total. The van der Waals surface area contributed by atoms with Gasteiger partial charge in [0.25, 0.3) is 0 Å². The summed E-state index contributed by atoms with van der Waals surface area (Å²) in [6, 6.07) is 0. The molecule has 0 unspecified atom stereocenters. The third-order valence-electron chi connectivity index (χ3n) is 3.35. The second-order valence-corrected chi connectivity index (χ2v) is 6.51. The number of hydrogen-bond donors (Lipinski definition) is 1. The molecule has 0 aliphatic carbocycles. The van der Waals surface area contributed by atoms with Gasteiger partial charge < -0.3 is 5.32 Å². The molecule has 1 amide bonds. The van der Waals surface area contributed by atoms with Crippen molar-refractivity contribution in [1.82, 2.24) is 14.8 Å². The molecule has 2 aromatic rings. The van der Waals surface area contributed by atoms with Crippen LogP contribution in [0.3, 0.4) is 0 Å². The number of thiazole rings is 1. The molecule has 5 nitrogen and oxygen atoms in total. The molecule has 0 aromatic carbocycles. The van der Waals surface area contributed by atoms with Gasteiger partial charge in [0.1, 0.15) is 0 Å². The van der Waals surface area contributed by atoms with Gasteiger partial charge >= 0.3 is 0 Å². The molecule has 0 atom stereocenters. The van der Waals surface area contributed by atoms with E-state index >= 15 is 0 Å². The molecular formula is C15H22N4OS. The third-order valence-corrected chi connectivity index (χ3v) is 4.04. The highest BCUT2D eigenvalue weighted by molar-refractivity contribution is 7.13. The lowest BCUT2D eigenvalue weighted by Crippen LogP contribution is -2.12. The minimum atomic E-state index is 0.000333. The van der Waals surface area contributed by atoms with E-state index in [4.69, 9.17) is 0 Å². The normalized spacial score (nSPS) is 11.1. The van der Waals surface area contributed by atoms with Crippen molar-refractivity contribution in [3.8, 4) is 0 Å². The molecule has 0 aliphatic rings. The number of carbonyl (C=O) groups excluding carboxylic acids is 1. The first-order valence-electron chi connectivity index (χ1n) is 7.19. The van der Waals surface area contributed by atoms with Gasteiger partial charge in [-0.15, -0.1) is 11.3 Å². The van der Waals surface area contributed by atoms with E-state index in [1.54, 1.807) is 6.20 Å². The van der Waals surface area contributed by atoms with Crippen LogP contribution in [0.25, 0.3) is 0 Å². The van der Waals surface area contributed by atoms with Gasteiger partial charge in [-0.1, -0.05) is 13.8 Å². The fourth-order valence-corrected chi connectivity index (χ4v) is 2.87. The number of rotatable bonds is 6. The van der Waals surface area contributed by atoms with Crippen LogP contribution in [-0.4, -0.2) is 20.7 Å². The molecule has 2 heterocycles. The molecule has 2 rings (SSSR count). The molecule has 6 heteroatoms. The van der Waals surface area contributed by atoms with Crippen molar-refractivity contribution in [2.45, 2.75) is 47.1 Å². The van der Waals surface area contributed by atoms with E-state index in [9.17, 15) is 4.79 Å². The Kier molecular flexibility index (Phi) is 5.12. The largest absolute Gasteiger partial charge is 0.302 e. The summed E-state index contributed by atoms with van der Waals surface area (Å²) in [5.74, 6) is 0.560. The Morgan fingerprint density at radius 1 is 1.43 bits per heavy atom. The maximum Gasteiger partial charge on any atom is 0.226 e. The van der Waals surface area contributed by atoms with Gasteiger partial charge in [0.2, 0.25) is 5.91 Å². The van der Waals surface area contributed by atoms with Crippen molar-refractivity contribution >= 4 is 22.4 Å². The SMILES string of the molecule is Cc1nn(CC(C)C)c(C)c1CCC(=O)Nc1nccs1. The molecule has 0 saturated carbocycles. The summed E-state index contributed by atoms with van der Waals surface area (Å²) in [5.41, 5.74) is 3.38. The van der Waals surface area contributed by atoms with Crippen LogP contribution in [-0.2, 0) is 17.8 Å². The van der Waals surface area contributed by atoms with Crippen molar-refractivity contribution in [1.29, 1.82) is 0 Å². The summed E-state index contributed by atoms with van der Waals surface area (Å²) >= 11 is 1.43. The second kappa shape index (κ2) is 6.85. The van der Waals surface area contributed by atoms with Crippen LogP contribution < -0.4 is 5.32 Å². The van der Waals surface area contributed by atoms with Gasteiger partial charge in [0.15, 0.2) is 5.13 Å². The van der Waals surface area contributed by atoms with E-state index in [0.717, 1.165) is 12.2 Å². The number of amides is 1. The fraction of sp³-hybridized carbons (Fsp3) is 0.533. The summed E-state index contributed by atoms with van der Waals surface area (Å²) in [6.07, 6.45) is 2.85. The van der Waals surface area contributed by atoms with Crippen LogP contribution in [0.1, 0.15) is 37.2 Å². The van der Waals surface area contributed by atoms with Crippen LogP contribution in [0.4, 0.5) is 5.13 Å². The number of nitrogens with zero attached hydrogens (tertiary/aromatic N) is 3. The highest BCUT2D eigenvalue weighted by Gasteiger charge is 2.14. The number of nitrogens with one attached hydrogen (secondary N) is 1. The Bertz CT molecular complexity index is 601. The van der Waals surface area contributed by atoms with E-state index in [0.29, 0.717) is 23.9 Å². The van der Waals surface area contributed by atoms with Crippen molar-refractivity contribution < 1.29 is 4.79 Å². The lowest BCUT2D eigenvalue weighted by molar-refractivity contribution is -0.116. The van der Waals surface area contributed by atoms with Crippen molar-refractivity contribution in [2.24, 2.45) is 5.92 Å². The molecule has 0 bridgehead atoms. The molecule has 0 radical (unpaired) electrons. The lowest BCUT2D eigenvalue weighted by Gasteiger charge is -2.08. The summed E-state index contributed by atoms with van der Waals surface area (Å²) in [4.78, 5) is 16.0. The molecule has 0 saturated heterocycles. The lowest BCUT2D eigenvalue weighted by atomic mass is 10.1. The summed E-state index contributed by atoms with van der Waals surface area (Å²) < 4.78 is 2.05. The topological polar surface area (TPSA) is 59.8 Å². The summed E-state index contributed by atoms with van der Waals surface area (Å²) in [5, 5.41) is 9.89. The van der Waals surface area contributed by atoms with Crippen LogP contribution in [0.5, 0.6) is 0 Å². The first-order chi connectivity index (χ1) is 9.97. The van der Waals surface area contributed by atoms with E-state index in [-0.39, 0.29) is 5.91 Å². The summed E-state index contributed by atoms with van der Waals surface area (Å²) in [7, 11) is 0. The molecule has 2 aromatic heterocycles. The van der Waals surface area contributed by atoms with Gasteiger partial charge in [0.05, 0.1) is 5.69 Å². The standard InChI is InChI=1S/C15H22N4OS/c1-10(2)9-19-12(4)13(11(3)18-19)5-6-14(20)17-15-16-7-8-21-15/h7-8,10H,5-6,9H2,1-4H3,(H,16,17,20). The van der Waals surface area contributed by atoms with Crippen LogP contribution in [0.15, 0.2) is 11.6 Å². The van der Waals surface area contributed by atoms with E-state index in [2.05, 4.69) is 36.2 Å². The number of hydrogen-bond acceptors (Lipinski definition) is 4. The molecule has 21 heavy (non-hydrogen) atoms. The summed E-state index contributed by atoms with van der Waals surface area (Å²) in [6.45, 7) is 9.36. The molecule has 0 aliphatic heterocycles. The Hall–Kier alpha value is -1.69. The zero-order valence-electron chi connectivity index (χ0n) is 13.0. The average molecular weight is 306 g/mol. The number of carbonyl (C=O) groups is 1. The molecule has 0 spiro atoms. The Labute approximate surface area is 129 Å². The predicted octanol–water partition coefficient (Wildman–Crippen LogP) is 3.18. The first kappa shape index (κ1) is 15.7. The van der Waals surface area contributed by atoms with Crippen LogP contribution >= 0.6 is 11.3 Å². The number of anilines is 1. The second-order valence-electron chi connectivity index (χ2n) is 5.61. The number of aryl methyl sites for hydroxylation is 1. The highest BCUT2D eigenvalue weighted by atomic mass is 32.1. The van der Waals surface area contributed by atoms with Gasteiger partial charge in [0, 0.05) is 30.2 Å². The van der Waals surface area contributed by atoms with Gasteiger partial charge in [-0.05, 0) is 31.7 Å². The van der Waals surface area contributed by atoms with Gasteiger partial charge in [-0.3, -0.25) is 9.48 Å². The van der Waals surface area contributed by atoms with Gasteiger partial charge in [-0.25, -0.2) is 4.98 Å². The van der Waals surface area contributed by atoms with E-state index < -0.39 is 0 Å². The quantitative estimate of drug-likeness (QED) is 0.891. The zero-order chi connectivity index (χ0) is 15.4. The van der Waals surface area contributed by atoms with Crippen molar-refractivity contribution in [3.63, 3.8) is 0 Å². The minimum Gasteiger partial charge on any atom is -0.302 e. The Morgan fingerprint density at radius 3 is 2.81 bits per heavy atom. The molecule has 0 fully saturated rings. The smallest absolute Gasteiger partial charge is 0.226 e. The van der Waals surface area contributed by atoms with Crippen molar-refractivity contribution in [3.05, 3.63) is 28.5 Å². The monoisotopic (exact) mass is 306 g/mol. The van der Waals surface area contributed by atoms with Crippen LogP contribution in [0, 0.1) is 19.8 Å². The number of aromatic nitrogens is 3. The zero-order valence-corrected chi connectivity index (χ0v) is 13.8. The van der Waals surface area contributed by atoms with Crippen LogP contribution in [0.2, 0.25) is 0 Å². The predicted molar refractivity (Wildman–Crippen MR) is 85.6 cm³/mol. The maximum absolute atomic E-state index is 11.9. The highest BCUT2D eigenvalue weighted by Crippen LogP contribution is 2.17. The molecular weight excluding hydrogens is 284 g/mol. The Balaban J connectivity index is 1.96. The maximum atomic E-state index is 11.9. The first-order valence-corrected chi connectivity index (χ1v) is 8.07. The average Bonchev–Trinajstić information content (AvgIpc) is 2.97. The van der Waals surface area contributed by atoms with Gasteiger partial charge in [-0.2, -0.15) is 5.10 Å². The molecule has 114 valence electrons. The Morgan fingerprint density at radius 2 is 2.19 bits per heavy atom. The van der Waals surface area contributed by atoms with E-state index in [1.165, 1.54) is 22.6 Å². The minimum absolute atomic E-state index is 0.000333. The fourth-order valence-electron chi connectivity index (χ4n) is 2.32. The van der Waals surface area contributed by atoms with E-state index in [1.807, 2.05) is 17.0 Å². The van der Waals surface area contributed by atoms with Crippen molar-refractivity contribution in [2.75, 3.05) is 5.32 Å².